The van der Waals surface area contributed by atoms with Crippen LogP contribution in [0, 0.1) is 10.8 Å². The van der Waals surface area contributed by atoms with Crippen molar-refractivity contribution in [3.8, 4) is 11.4 Å². The molecule has 6 heterocycles. The largest absolute Gasteiger partial charge is 0.456 e. The van der Waals surface area contributed by atoms with Crippen LogP contribution in [0.2, 0.25) is 0 Å². The molecule has 0 N–H and O–H groups in total. The highest BCUT2D eigenvalue weighted by Gasteiger charge is 2.45. The molecular formula is C40H33BN6O2. The molecule has 2 aliphatic rings. The van der Waals surface area contributed by atoms with Gasteiger partial charge in [0.15, 0.2) is 0 Å². The van der Waals surface area contributed by atoms with Crippen LogP contribution in [0.25, 0.3) is 77.3 Å². The highest BCUT2D eigenvalue weighted by Crippen LogP contribution is 2.41. The highest BCUT2D eigenvalue weighted by molar-refractivity contribution is 7.01. The summed E-state index contributed by atoms with van der Waals surface area (Å²) in [5, 5.41) is 23.9. The van der Waals surface area contributed by atoms with Crippen molar-refractivity contribution in [1.29, 1.82) is 0 Å². The van der Waals surface area contributed by atoms with E-state index in [-0.39, 0.29) is 17.5 Å². The quantitative estimate of drug-likeness (QED) is 0.185. The third-order valence-electron chi connectivity index (χ3n) is 10.4. The number of furan rings is 2. The van der Waals surface area contributed by atoms with E-state index in [0.717, 1.165) is 101 Å². The lowest BCUT2D eigenvalue weighted by Gasteiger charge is -2.35. The minimum atomic E-state index is -0.159. The first-order valence-corrected chi connectivity index (χ1v) is 17.1. The van der Waals surface area contributed by atoms with Crippen LogP contribution in [0.3, 0.4) is 0 Å². The second-order valence-electron chi connectivity index (χ2n) is 16.5. The fourth-order valence-electron chi connectivity index (χ4n) is 8.92. The number of aromatic nitrogens is 6. The molecular weight excluding hydrogens is 607 g/mol. The van der Waals surface area contributed by atoms with Crippen molar-refractivity contribution < 1.29 is 8.83 Å². The van der Waals surface area contributed by atoms with Gasteiger partial charge in [-0.15, -0.1) is 10.2 Å². The summed E-state index contributed by atoms with van der Waals surface area (Å²) in [6, 6.07) is 23.3. The van der Waals surface area contributed by atoms with Gasteiger partial charge < -0.3 is 8.83 Å². The summed E-state index contributed by atoms with van der Waals surface area (Å²) in [5.41, 5.74) is 15.4. The highest BCUT2D eigenvalue weighted by atomic mass is 16.3. The SMILES string of the molecule is CC(C)(C)Cc1cc(CC(C)(C)C)c2c3c1-n1nnc4cc5oc6ccccc6c5c(c41)B3c1cc3oc4ccccc4c3c3nnn-2c13. The van der Waals surface area contributed by atoms with Crippen LogP contribution in [0.4, 0.5) is 0 Å². The van der Waals surface area contributed by atoms with Crippen molar-refractivity contribution in [1.82, 2.24) is 30.0 Å². The molecule has 49 heavy (non-hydrogen) atoms. The summed E-state index contributed by atoms with van der Waals surface area (Å²) in [5.74, 6) is 0. The minimum Gasteiger partial charge on any atom is -0.456 e. The van der Waals surface area contributed by atoms with E-state index in [1.165, 1.54) is 16.6 Å². The summed E-state index contributed by atoms with van der Waals surface area (Å²) in [4.78, 5) is 0. The van der Waals surface area contributed by atoms with Gasteiger partial charge in [-0.05, 0) is 69.4 Å². The van der Waals surface area contributed by atoms with Crippen molar-refractivity contribution in [3.05, 3.63) is 77.9 Å². The molecule has 4 aromatic heterocycles. The zero-order valence-electron chi connectivity index (χ0n) is 28.3. The molecule has 0 saturated carbocycles. The lowest BCUT2D eigenvalue weighted by atomic mass is 9.33. The van der Waals surface area contributed by atoms with Gasteiger partial charge in [-0.2, -0.15) is 0 Å². The molecule has 0 radical (unpaired) electrons. The zero-order chi connectivity index (χ0) is 33.1. The minimum absolute atomic E-state index is 0.0328. The van der Waals surface area contributed by atoms with Gasteiger partial charge in [-0.1, -0.05) is 94.4 Å². The molecule has 0 saturated heterocycles. The molecule has 0 fully saturated rings. The maximum Gasteiger partial charge on any atom is 0.253 e. The van der Waals surface area contributed by atoms with Gasteiger partial charge in [-0.3, -0.25) is 0 Å². The number of benzene rings is 5. The second kappa shape index (κ2) is 8.77. The predicted octanol–water partition coefficient (Wildman–Crippen LogP) is 7.27. The summed E-state index contributed by atoms with van der Waals surface area (Å²) < 4.78 is 17.4. The first-order valence-electron chi connectivity index (χ1n) is 17.1. The lowest BCUT2D eigenvalue weighted by molar-refractivity contribution is 0.404. The third-order valence-corrected chi connectivity index (χ3v) is 10.4. The molecule has 238 valence electrons. The lowest BCUT2D eigenvalue weighted by Crippen LogP contribution is -2.60. The van der Waals surface area contributed by atoms with Crippen LogP contribution in [-0.4, -0.2) is 36.7 Å². The first kappa shape index (κ1) is 27.5. The molecule has 8 nitrogen and oxygen atoms in total. The van der Waals surface area contributed by atoms with E-state index in [1.807, 2.05) is 18.2 Å². The molecule has 9 aromatic rings. The molecule has 0 unspecified atom stereocenters. The fraction of sp³-hybridized carbons (Fsp3) is 0.250. The van der Waals surface area contributed by atoms with Crippen molar-refractivity contribution >= 4 is 89.0 Å². The maximum atomic E-state index is 6.59. The Bertz CT molecular complexity index is 2930. The average molecular weight is 641 g/mol. The topological polar surface area (TPSA) is 87.7 Å². The smallest absolute Gasteiger partial charge is 0.253 e. The van der Waals surface area contributed by atoms with E-state index in [9.17, 15) is 0 Å². The molecule has 9 heteroatoms. The third kappa shape index (κ3) is 3.54. The molecule has 0 aliphatic carbocycles. The van der Waals surface area contributed by atoms with E-state index in [1.54, 1.807) is 0 Å². The molecule has 2 aliphatic heterocycles. The molecule has 0 amide bonds. The predicted molar refractivity (Wildman–Crippen MR) is 197 cm³/mol. The Kier molecular flexibility index (Phi) is 4.92. The van der Waals surface area contributed by atoms with Crippen LogP contribution >= 0.6 is 0 Å². The van der Waals surface area contributed by atoms with E-state index in [2.05, 4.69) is 99.4 Å². The van der Waals surface area contributed by atoms with Gasteiger partial charge in [-0.25, -0.2) is 9.36 Å². The van der Waals surface area contributed by atoms with Crippen molar-refractivity contribution in [2.75, 3.05) is 0 Å². The summed E-state index contributed by atoms with van der Waals surface area (Å²) in [6.45, 7) is 13.7. The summed E-state index contributed by atoms with van der Waals surface area (Å²) in [6.07, 6.45) is 1.76. The fourth-order valence-corrected chi connectivity index (χ4v) is 8.92. The average Bonchev–Trinajstić information content (AvgIpc) is 3.82. The number of nitrogens with zero attached hydrogens (tertiary/aromatic N) is 6. The van der Waals surface area contributed by atoms with Gasteiger partial charge >= 0.3 is 0 Å². The molecule has 0 atom stereocenters. The van der Waals surface area contributed by atoms with E-state index < -0.39 is 0 Å². The van der Waals surface area contributed by atoms with Crippen molar-refractivity contribution in [2.24, 2.45) is 10.8 Å². The Labute approximate surface area is 281 Å². The summed E-state index contributed by atoms with van der Waals surface area (Å²) in [7, 11) is 0. The monoisotopic (exact) mass is 640 g/mol. The van der Waals surface area contributed by atoms with Crippen LogP contribution < -0.4 is 16.4 Å². The Morgan fingerprint density at radius 2 is 1.18 bits per heavy atom. The zero-order valence-corrected chi connectivity index (χ0v) is 28.3. The Hall–Kier alpha value is -5.44. The van der Waals surface area contributed by atoms with Gasteiger partial charge in [0.05, 0.1) is 27.8 Å². The van der Waals surface area contributed by atoms with Crippen LogP contribution in [0.1, 0.15) is 52.7 Å². The van der Waals surface area contributed by atoms with Crippen LogP contribution in [-0.2, 0) is 12.8 Å². The number of hydrogen-bond donors (Lipinski definition) is 0. The second-order valence-corrected chi connectivity index (χ2v) is 16.5. The van der Waals surface area contributed by atoms with Crippen LogP contribution in [0.15, 0.2) is 75.6 Å². The van der Waals surface area contributed by atoms with Crippen molar-refractivity contribution in [2.45, 2.75) is 54.4 Å². The van der Waals surface area contributed by atoms with Gasteiger partial charge in [0.25, 0.3) is 6.71 Å². The van der Waals surface area contributed by atoms with Gasteiger partial charge in [0.2, 0.25) is 0 Å². The Morgan fingerprint density at radius 3 is 1.84 bits per heavy atom. The maximum absolute atomic E-state index is 6.59. The molecule has 0 bridgehead atoms. The van der Waals surface area contributed by atoms with E-state index in [4.69, 9.17) is 29.5 Å². The molecule has 0 spiro atoms. The number of hydrogen-bond acceptors (Lipinski definition) is 6. The van der Waals surface area contributed by atoms with Gasteiger partial charge in [0.1, 0.15) is 33.4 Å². The van der Waals surface area contributed by atoms with Crippen molar-refractivity contribution in [3.63, 3.8) is 0 Å². The Morgan fingerprint density at radius 1 is 0.612 bits per heavy atom. The standard InChI is InChI=1S/C40H33BN6O2/c1-39(2,3)18-20-15-21(19-40(4,5)6)36-33-35(20)46-37-24(16-28-31(34(37)43-45-46)23-12-8-10-14-27(23)48-28)41(33)32-30-22-11-7-9-13-26(22)49-29(30)17-25-38(32)47(36)44-42-25/h7-17H,18-19H2,1-6H3. The van der Waals surface area contributed by atoms with E-state index in [0.29, 0.717) is 0 Å². The molecule has 11 rings (SSSR count). The molecule has 5 aromatic carbocycles. The number of para-hydroxylation sites is 2. The van der Waals surface area contributed by atoms with Gasteiger partial charge in [0, 0.05) is 22.2 Å². The van der Waals surface area contributed by atoms with E-state index >= 15 is 0 Å². The van der Waals surface area contributed by atoms with Crippen LogP contribution in [0.5, 0.6) is 0 Å². The number of rotatable bonds is 2. The number of fused-ring (bicyclic) bond motifs is 12. The first-order chi connectivity index (χ1) is 23.5. The normalized spacial score (nSPS) is 14.0. The summed E-state index contributed by atoms with van der Waals surface area (Å²) >= 11 is 0. The Balaban J connectivity index is 1.40.